The highest BCUT2D eigenvalue weighted by molar-refractivity contribution is 6.33. The average Bonchev–Trinajstić information content (AvgIpc) is 3.19. The minimum Gasteiger partial charge on any atom is -0.444 e. The molecular formula is C15H19ClF2N4O3. The Hall–Kier alpha value is -1.90. The molecule has 1 aromatic heterocycles. The van der Waals surface area contributed by atoms with Gasteiger partial charge in [0.15, 0.2) is 0 Å². The van der Waals surface area contributed by atoms with Gasteiger partial charge in [-0.25, -0.2) is 18.7 Å². The number of alkyl carbamates (subject to hydrolysis) is 1. The standard InChI is InChI=1S/C15H19ClF2N4O3/c16-12-11(6-19-21-14(12)23)22-5-4-8(7-22)25-15(24)20-10-3-1-2-9(10)13(17)18/h6,8-10,13H,1-5,7H2,(H,20,24)(H,21,23)/t8-,9-,10-/m1/s1. The van der Waals surface area contributed by atoms with Crippen LogP contribution in [0.15, 0.2) is 11.0 Å². The number of nitrogens with one attached hydrogen (secondary N) is 2. The molecule has 1 aromatic rings. The average molecular weight is 377 g/mol. The van der Waals surface area contributed by atoms with Gasteiger partial charge in [-0.15, -0.1) is 0 Å². The first-order chi connectivity index (χ1) is 12.0. The van der Waals surface area contributed by atoms with E-state index in [4.69, 9.17) is 16.3 Å². The van der Waals surface area contributed by atoms with Gasteiger partial charge in [-0.2, -0.15) is 5.10 Å². The second kappa shape index (κ2) is 7.55. The first kappa shape index (κ1) is 17.9. The number of aromatic nitrogens is 2. The van der Waals surface area contributed by atoms with Gasteiger partial charge in [0.1, 0.15) is 11.1 Å². The Bertz CT molecular complexity index is 687. The summed E-state index contributed by atoms with van der Waals surface area (Å²) in [7, 11) is 0. The lowest BCUT2D eigenvalue weighted by Crippen LogP contribution is -2.41. The molecule has 25 heavy (non-hydrogen) atoms. The molecule has 3 atom stereocenters. The van der Waals surface area contributed by atoms with Crippen LogP contribution in [0.25, 0.3) is 0 Å². The van der Waals surface area contributed by atoms with Gasteiger partial charge in [0, 0.05) is 24.9 Å². The zero-order chi connectivity index (χ0) is 18.0. The minimum absolute atomic E-state index is 0.0332. The summed E-state index contributed by atoms with van der Waals surface area (Å²) in [5.41, 5.74) is -0.00830. The number of carbonyl (C=O) groups is 1. The predicted octanol–water partition coefficient (Wildman–Crippen LogP) is 2.16. The van der Waals surface area contributed by atoms with Gasteiger partial charge in [-0.3, -0.25) is 4.79 Å². The van der Waals surface area contributed by atoms with E-state index in [-0.39, 0.29) is 5.02 Å². The molecule has 2 fully saturated rings. The van der Waals surface area contributed by atoms with Crippen LogP contribution in [0, 0.1) is 5.92 Å². The third-order valence-electron chi connectivity index (χ3n) is 4.73. The second-order valence-electron chi connectivity index (χ2n) is 6.34. The zero-order valence-corrected chi connectivity index (χ0v) is 14.1. The van der Waals surface area contributed by atoms with Crippen LogP contribution < -0.4 is 15.8 Å². The van der Waals surface area contributed by atoms with E-state index in [1.165, 1.54) is 6.20 Å². The molecular weight excluding hydrogens is 358 g/mol. The zero-order valence-electron chi connectivity index (χ0n) is 13.4. The van der Waals surface area contributed by atoms with Crippen molar-refractivity contribution in [1.82, 2.24) is 15.5 Å². The Morgan fingerprint density at radius 3 is 3.00 bits per heavy atom. The maximum Gasteiger partial charge on any atom is 0.407 e. The van der Waals surface area contributed by atoms with Gasteiger partial charge in [0.25, 0.3) is 5.56 Å². The quantitative estimate of drug-likeness (QED) is 0.840. The third-order valence-corrected chi connectivity index (χ3v) is 5.10. The molecule has 2 aliphatic rings. The molecule has 0 aromatic carbocycles. The smallest absolute Gasteiger partial charge is 0.407 e. The minimum atomic E-state index is -2.44. The van der Waals surface area contributed by atoms with Crippen LogP contribution in [0.5, 0.6) is 0 Å². The van der Waals surface area contributed by atoms with E-state index in [9.17, 15) is 18.4 Å². The summed E-state index contributed by atoms with van der Waals surface area (Å²) in [4.78, 5) is 25.3. The Morgan fingerprint density at radius 2 is 2.24 bits per heavy atom. The SMILES string of the molecule is O=C(N[C@@H]1CCC[C@H]1C(F)F)O[C@@H]1CCN(c2cn[nH]c(=O)c2Cl)C1. The molecule has 0 spiro atoms. The molecule has 1 aliphatic carbocycles. The molecule has 138 valence electrons. The molecule has 1 saturated heterocycles. The lowest BCUT2D eigenvalue weighted by atomic mass is 10.1. The fourth-order valence-electron chi connectivity index (χ4n) is 3.44. The predicted molar refractivity (Wildman–Crippen MR) is 87.2 cm³/mol. The van der Waals surface area contributed by atoms with Crippen molar-refractivity contribution in [2.45, 2.75) is 44.3 Å². The highest BCUT2D eigenvalue weighted by Gasteiger charge is 2.36. The van der Waals surface area contributed by atoms with Gasteiger partial charge in [0.05, 0.1) is 18.4 Å². The van der Waals surface area contributed by atoms with Gasteiger partial charge in [0.2, 0.25) is 6.43 Å². The van der Waals surface area contributed by atoms with Gasteiger partial charge in [-0.05, 0) is 12.8 Å². The Labute approximate surface area is 147 Å². The van der Waals surface area contributed by atoms with Crippen LogP contribution >= 0.6 is 11.6 Å². The molecule has 0 radical (unpaired) electrons. The number of carbonyl (C=O) groups excluding carboxylic acids is 1. The first-order valence-corrected chi connectivity index (χ1v) is 8.57. The van der Waals surface area contributed by atoms with E-state index in [0.717, 1.165) is 0 Å². The fraction of sp³-hybridized carbons (Fsp3) is 0.667. The van der Waals surface area contributed by atoms with Crippen LogP contribution in [-0.2, 0) is 4.74 Å². The van der Waals surface area contributed by atoms with Crippen LogP contribution in [0.4, 0.5) is 19.3 Å². The lowest BCUT2D eigenvalue weighted by molar-refractivity contribution is 0.0593. The van der Waals surface area contributed by atoms with Crippen molar-refractivity contribution in [3.63, 3.8) is 0 Å². The maximum absolute atomic E-state index is 12.9. The summed E-state index contributed by atoms with van der Waals surface area (Å²) in [5.74, 6) is -0.812. The Morgan fingerprint density at radius 1 is 1.44 bits per heavy atom. The molecule has 1 aliphatic heterocycles. The lowest BCUT2D eigenvalue weighted by Gasteiger charge is -2.22. The Balaban J connectivity index is 1.54. The molecule has 10 heteroatoms. The van der Waals surface area contributed by atoms with Crippen LogP contribution in [0.1, 0.15) is 25.7 Å². The molecule has 0 unspecified atom stereocenters. The molecule has 1 amide bonds. The van der Waals surface area contributed by atoms with Crippen molar-refractivity contribution < 1.29 is 18.3 Å². The number of H-pyrrole nitrogens is 1. The van der Waals surface area contributed by atoms with E-state index in [0.29, 0.717) is 44.5 Å². The number of hydrogen-bond donors (Lipinski definition) is 2. The number of ether oxygens (including phenoxy) is 1. The molecule has 3 rings (SSSR count). The highest BCUT2D eigenvalue weighted by atomic mass is 35.5. The number of aromatic amines is 1. The van der Waals surface area contributed by atoms with E-state index in [2.05, 4.69) is 15.5 Å². The van der Waals surface area contributed by atoms with Crippen molar-refractivity contribution in [2.24, 2.45) is 5.92 Å². The van der Waals surface area contributed by atoms with Crippen LogP contribution in [0.3, 0.4) is 0 Å². The summed E-state index contributed by atoms with van der Waals surface area (Å²) < 4.78 is 31.2. The van der Waals surface area contributed by atoms with Crippen molar-refractivity contribution >= 4 is 23.4 Å². The number of alkyl halides is 2. The van der Waals surface area contributed by atoms with Crippen LogP contribution in [0.2, 0.25) is 5.02 Å². The van der Waals surface area contributed by atoms with Crippen LogP contribution in [-0.4, -0.2) is 48.0 Å². The van der Waals surface area contributed by atoms with Gasteiger partial charge in [-0.1, -0.05) is 18.0 Å². The third kappa shape index (κ3) is 4.02. The van der Waals surface area contributed by atoms with E-state index >= 15 is 0 Å². The molecule has 0 bridgehead atoms. The fourth-order valence-corrected chi connectivity index (χ4v) is 3.65. The topological polar surface area (TPSA) is 87.3 Å². The van der Waals surface area contributed by atoms with Gasteiger partial charge >= 0.3 is 6.09 Å². The summed E-state index contributed by atoms with van der Waals surface area (Å²) in [5, 5.41) is 8.55. The van der Waals surface area contributed by atoms with E-state index < -0.39 is 36.1 Å². The molecule has 7 nitrogen and oxygen atoms in total. The number of nitrogens with zero attached hydrogens (tertiary/aromatic N) is 2. The number of anilines is 1. The van der Waals surface area contributed by atoms with Gasteiger partial charge < -0.3 is 15.0 Å². The number of rotatable bonds is 4. The number of hydrogen-bond acceptors (Lipinski definition) is 5. The van der Waals surface area contributed by atoms with Crippen molar-refractivity contribution in [1.29, 1.82) is 0 Å². The number of amides is 1. The van der Waals surface area contributed by atoms with Crippen molar-refractivity contribution in [3.05, 3.63) is 21.6 Å². The summed E-state index contributed by atoms with van der Waals surface area (Å²) in [6, 6.07) is -0.545. The number of halogens is 3. The summed E-state index contributed by atoms with van der Waals surface area (Å²) >= 11 is 5.97. The highest BCUT2D eigenvalue weighted by Crippen LogP contribution is 2.31. The van der Waals surface area contributed by atoms with Crippen molar-refractivity contribution in [3.8, 4) is 0 Å². The largest absolute Gasteiger partial charge is 0.444 e. The monoisotopic (exact) mass is 376 g/mol. The summed E-state index contributed by atoms with van der Waals surface area (Å²) in [6.45, 7) is 0.910. The molecule has 2 N–H and O–H groups in total. The molecule has 2 heterocycles. The Kier molecular flexibility index (Phi) is 5.41. The van der Waals surface area contributed by atoms with Crippen molar-refractivity contribution in [2.75, 3.05) is 18.0 Å². The van der Waals surface area contributed by atoms with E-state index in [1.54, 1.807) is 4.90 Å². The second-order valence-corrected chi connectivity index (χ2v) is 6.72. The van der Waals surface area contributed by atoms with E-state index in [1.807, 2.05) is 0 Å². The maximum atomic E-state index is 12.9. The first-order valence-electron chi connectivity index (χ1n) is 8.19. The molecule has 1 saturated carbocycles. The summed E-state index contributed by atoms with van der Waals surface area (Å²) in [6.07, 6.45) is 0.0905. The normalized spacial score (nSPS) is 26.2.